The van der Waals surface area contributed by atoms with E-state index in [2.05, 4.69) is 0 Å². The van der Waals surface area contributed by atoms with Crippen LogP contribution in [0.5, 0.6) is 5.75 Å². The largest absolute Gasteiger partial charge is 0.463 e. The number of H-pyrrole nitrogens is 1. The van der Waals surface area contributed by atoms with Crippen LogP contribution in [0, 0.1) is 12.8 Å². The van der Waals surface area contributed by atoms with Crippen molar-refractivity contribution in [1.82, 2.24) is 9.55 Å². The van der Waals surface area contributed by atoms with Crippen LogP contribution < -0.4 is 15.8 Å². The van der Waals surface area contributed by atoms with Gasteiger partial charge in [0.1, 0.15) is 24.1 Å². The third-order valence-electron chi connectivity index (χ3n) is 5.21. The van der Waals surface area contributed by atoms with Gasteiger partial charge in [-0.25, -0.2) is 9.36 Å². The number of benzene rings is 1. The van der Waals surface area contributed by atoms with Crippen LogP contribution >= 0.6 is 7.60 Å². The minimum Gasteiger partial charge on any atom is -0.463 e. The van der Waals surface area contributed by atoms with Gasteiger partial charge >= 0.3 is 19.3 Å². The van der Waals surface area contributed by atoms with Crippen LogP contribution in [0.4, 0.5) is 0 Å². The zero-order valence-corrected chi connectivity index (χ0v) is 21.1. The first-order chi connectivity index (χ1) is 17.6. The summed E-state index contributed by atoms with van der Waals surface area (Å²) in [6.07, 6.45) is -7.27. The minimum atomic E-state index is -4.50. The number of para-hydroxylation sites is 1. The van der Waals surface area contributed by atoms with Crippen molar-refractivity contribution in [2.45, 2.75) is 58.3 Å². The summed E-state index contributed by atoms with van der Waals surface area (Å²) in [5.74, 6) is -1.67. The first-order valence-corrected chi connectivity index (χ1v) is 12.9. The zero-order chi connectivity index (χ0) is 28.4. The SMILES string of the molecule is [2H]C([2H])(O[P@@](=O)(C[C@@H](C)C(=O)OC(C)C)Oc1ccccc1)[C@@H]1O[C@H](n2cc(C)c(=O)[nH]c2=O)[C@H](O)C1O. The molecule has 0 aliphatic carbocycles. The molecule has 0 spiro atoms. The van der Waals surface area contributed by atoms with Crippen LogP contribution in [0.3, 0.4) is 0 Å². The molecule has 1 aliphatic heterocycles. The number of nitrogens with one attached hydrogen (secondary N) is 1. The Morgan fingerprint density at radius 2 is 1.89 bits per heavy atom. The van der Waals surface area contributed by atoms with Gasteiger partial charge < -0.3 is 24.2 Å². The summed E-state index contributed by atoms with van der Waals surface area (Å²) in [5.41, 5.74) is -1.53. The van der Waals surface area contributed by atoms with Gasteiger partial charge in [0.15, 0.2) is 6.23 Å². The number of aromatic amines is 1. The van der Waals surface area contributed by atoms with Crippen LogP contribution in [0.15, 0.2) is 46.1 Å². The van der Waals surface area contributed by atoms with Crippen LogP contribution in [0.2, 0.25) is 0 Å². The maximum atomic E-state index is 13.8. The lowest BCUT2D eigenvalue weighted by molar-refractivity contribution is -0.151. The predicted molar refractivity (Wildman–Crippen MR) is 128 cm³/mol. The lowest BCUT2D eigenvalue weighted by Crippen LogP contribution is -2.38. The molecule has 1 aliphatic rings. The summed E-state index contributed by atoms with van der Waals surface area (Å²) in [5, 5.41) is 21.2. The third-order valence-corrected chi connectivity index (χ3v) is 7.07. The molecule has 1 fully saturated rings. The number of rotatable bonds is 10. The summed E-state index contributed by atoms with van der Waals surface area (Å²) in [6.45, 7) is 3.03. The third kappa shape index (κ3) is 6.71. The van der Waals surface area contributed by atoms with Gasteiger partial charge in [-0.05, 0) is 32.9 Å². The molecule has 1 aromatic carbocycles. The number of hydrogen-bond acceptors (Lipinski definition) is 10. The number of aryl methyl sites for hydroxylation is 1. The van der Waals surface area contributed by atoms with Crippen LogP contribution in [-0.2, 0) is 23.4 Å². The number of hydrogen-bond donors (Lipinski definition) is 3. The number of esters is 1. The predicted octanol–water partition coefficient (Wildman–Crippen LogP) is 1.34. The summed E-state index contributed by atoms with van der Waals surface area (Å²) in [6, 6.07) is 7.74. The van der Waals surface area contributed by atoms with E-state index >= 15 is 0 Å². The van der Waals surface area contributed by atoms with Crippen molar-refractivity contribution < 1.29 is 40.8 Å². The standard InChI is InChI=1S/C23H31N2O10P/c1-13(2)33-22(29)15(4)12-36(31,35-16-8-6-5-7-9-16)32-11-17-18(26)19(27)21(34-17)25-10-14(3)20(28)24-23(25)30/h5-10,13,15,17-19,21,26-27H,11-12H2,1-4H3,(H,24,28,30)/t15-,17+,18?,19-,21+,36+/m1/s1/i11D2. The molecule has 13 heteroatoms. The van der Waals surface area contributed by atoms with Crippen molar-refractivity contribution in [2.75, 3.05) is 12.7 Å². The minimum absolute atomic E-state index is 0.0668. The van der Waals surface area contributed by atoms with Gasteiger partial charge in [0, 0.05) is 11.8 Å². The molecule has 0 bridgehead atoms. The Morgan fingerprint density at radius 3 is 2.53 bits per heavy atom. The number of ether oxygens (including phenoxy) is 2. The van der Waals surface area contributed by atoms with Gasteiger partial charge in [-0.15, -0.1) is 0 Å². The van der Waals surface area contributed by atoms with Gasteiger partial charge in [-0.1, -0.05) is 25.1 Å². The van der Waals surface area contributed by atoms with E-state index in [1.165, 1.54) is 26.0 Å². The van der Waals surface area contributed by atoms with E-state index in [1.54, 1.807) is 32.0 Å². The van der Waals surface area contributed by atoms with Crippen molar-refractivity contribution in [1.29, 1.82) is 0 Å². The van der Waals surface area contributed by atoms with E-state index in [0.29, 0.717) is 0 Å². The lowest BCUT2D eigenvalue weighted by Gasteiger charge is -2.24. The molecule has 3 rings (SSSR count). The van der Waals surface area contributed by atoms with Gasteiger partial charge in [0.2, 0.25) is 0 Å². The van der Waals surface area contributed by atoms with E-state index in [1.807, 2.05) is 4.98 Å². The molecule has 1 saturated heterocycles. The molecule has 36 heavy (non-hydrogen) atoms. The number of carbonyl (C=O) groups is 1. The van der Waals surface area contributed by atoms with Crippen molar-refractivity contribution in [3.05, 3.63) is 62.9 Å². The molecule has 6 atom stereocenters. The smallest absolute Gasteiger partial charge is 0.380 e. The molecule has 2 aromatic rings. The lowest BCUT2D eigenvalue weighted by atomic mass is 10.1. The van der Waals surface area contributed by atoms with Gasteiger partial charge in [-0.3, -0.25) is 23.7 Å². The monoisotopic (exact) mass is 528 g/mol. The molecule has 2 heterocycles. The van der Waals surface area contributed by atoms with E-state index in [9.17, 15) is 29.2 Å². The van der Waals surface area contributed by atoms with E-state index in [4.69, 9.17) is 21.3 Å². The van der Waals surface area contributed by atoms with Crippen LogP contribution in [0.1, 0.15) is 35.3 Å². The van der Waals surface area contributed by atoms with Crippen molar-refractivity contribution >= 4 is 13.6 Å². The highest BCUT2D eigenvalue weighted by atomic mass is 31.2. The fraction of sp³-hybridized carbons (Fsp3) is 0.522. The molecule has 0 amide bonds. The maximum Gasteiger partial charge on any atom is 0.380 e. The number of carbonyl (C=O) groups excluding carboxylic acids is 1. The summed E-state index contributed by atoms with van der Waals surface area (Å²) in [7, 11) is -4.50. The normalized spacial score (nSPS) is 25.5. The first kappa shape index (κ1) is 24.9. The maximum absolute atomic E-state index is 13.8. The summed E-state index contributed by atoms with van der Waals surface area (Å²) < 4.78 is 53.0. The van der Waals surface area contributed by atoms with Crippen molar-refractivity contribution in [2.24, 2.45) is 5.92 Å². The van der Waals surface area contributed by atoms with Gasteiger partial charge in [-0.2, -0.15) is 0 Å². The average Bonchev–Trinajstić information content (AvgIpc) is 3.11. The van der Waals surface area contributed by atoms with Crippen LogP contribution in [-0.4, -0.2) is 62.9 Å². The second-order valence-electron chi connectivity index (χ2n) is 8.70. The van der Waals surface area contributed by atoms with Crippen LogP contribution in [0.25, 0.3) is 0 Å². The quantitative estimate of drug-likeness (QED) is 0.302. The fourth-order valence-electron chi connectivity index (χ4n) is 3.39. The van der Waals surface area contributed by atoms with Gasteiger partial charge in [0.25, 0.3) is 5.56 Å². The number of aliphatic hydroxyl groups excluding tert-OH is 2. The summed E-state index contributed by atoms with van der Waals surface area (Å²) >= 11 is 0. The average molecular weight is 528 g/mol. The Kier molecular flexibility index (Phi) is 7.98. The molecule has 0 saturated carbocycles. The topological polar surface area (TPSA) is 166 Å². The second-order valence-corrected chi connectivity index (χ2v) is 10.7. The molecule has 1 aromatic heterocycles. The Bertz CT molecular complexity index is 1300. The number of nitrogens with zero attached hydrogens (tertiary/aromatic N) is 1. The van der Waals surface area contributed by atoms with E-state index in [0.717, 1.165) is 10.8 Å². The Labute approximate surface area is 210 Å². The molecule has 12 nitrogen and oxygen atoms in total. The number of aromatic nitrogens is 2. The molecule has 1 unspecified atom stereocenters. The Morgan fingerprint density at radius 1 is 1.22 bits per heavy atom. The highest BCUT2D eigenvalue weighted by molar-refractivity contribution is 7.54. The molecular formula is C23H31N2O10P. The molecular weight excluding hydrogens is 495 g/mol. The summed E-state index contributed by atoms with van der Waals surface area (Å²) in [4.78, 5) is 38.4. The van der Waals surface area contributed by atoms with E-state index < -0.39 is 74.1 Å². The zero-order valence-electron chi connectivity index (χ0n) is 22.2. The highest BCUT2D eigenvalue weighted by Crippen LogP contribution is 2.50. The molecule has 198 valence electrons. The van der Waals surface area contributed by atoms with Gasteiger partial charge in [0.05, 0.1) is 27.5 Å². The van der Waals surface area contributed by atoms with Crippen molar-refractivity contribution in [3.63, 3.8) is 0 Å². The molecule has 0 radical (unpaired) electrons. The fourth-order valence-corrected chi connectivity index (χ4v) is 5.10. The number of aliphatic hydroxyl groups is 2. The van der Waals surface area contributed by atoms with Crippen molar-refractivity contribution in [3.8, 4) is 5.75 Å². The Hall–Kier alpha value is -2.76. The Balaban J connectivity index is 1.90. The van der Waals surface area contributed by atoms with E-state index in [-0.39, 0.29) is 11.3 Å². The molecule has 3 N–H and O–H groups in total. The second kappa shape index (κ2) is 11.5. The first-order valence-electron chi connectivity index (χ1n) is 12.2. The highest BCUT2D eigenvalue weighted by Gasteiger charge is 2.46.